The lowest BCUT2D eigenvalue weighted by Crippen LogP contribution is -2.30. The molecule has 184 valence electrons. The molecule has 0 atom stereocenters. The number of nitrogens with zero attached hydrogens (tertiary/aromatic N) is 2. The maximum absolute atomic E-state index is 13.2. The first-order chi connectivity index (χ1) is 17.0. The monoisotopic (exact) mass is 477 g/mol. The van der Waals surface area contributed by atoms with Gasteiger partial charge in [-0.2, -0.15) is 0 Å². The van der Waals surface area contributed by atoms with E-state index in [1.54, 1.807) is 23.1 Å². The Morgan fingerprint density at radius 3 is 2.43 bits per heavy atom. The second kappa shape index (κ2) is 11.8. The molecule has 3 aromatic rings. The summed E-state index contributed by atoms with van der Waals surface area (Å²) in [4.78, 5) is 27.4. The van der Waals surface area contributed by atoms with Crippen molar-refractivity contribution in [1.82, 2.24) is 15.4 Å². The van der Waals surface area contributed by atoms with E-state index in [0.717, 1.165) is 17.5 Å². The highest BCUT2D eigenvalue weighted by Gasteiger charge is 2.22. The van der Waals surface area contributed by atoms with E-state index in [1.165, 1.54) is 43.4 Å². The molecule has 1 saturated carbocycles. The van der Waals surface area contributed by atoms with Crippen LogP contribution in [-0.4, -0.2) is 21.9 Å². The Kier molecular flexibility index (Phi) is 8.29. The van der Waals surface area contributed by atoms with E-state index in [2.05, 4.69) is 10.5 Å². The van der Waals surface area contributed by atoms with Gasteiger partial charge in [-0.25, -0.2) is 4.39 Å². The van der Waals surface area contributed by atoms with Crippen molar-refractivity contribution >= 4 is 11.8 Å². The Morgan fingerprint density at radius 1 is 1.03 bits per heavy atom. The zero-order valence-corrected chi connectivity index (χ0v) is 20.1. The zero-order chi connectivity index (χ0) is 24.6. The molecular weight excluding hydrogens is 445 g/mol. The second-order valence-corrected chi connectivity index (χ2v) is 9.41. The molecule has 1 aromatic heterocycles. The lowest BCUT2D eigenvalue weighted by Gasteiger charge is -2.22. The fourth-order valence-electron chi connectivity index (χ4n) is 4.49. The third-order valence-corrected chi connectivity index (χ3v) is 6.59. The third-order valence-electron chi connectivity index (χ3n) is 6.59. The van der Waals surface area contributed by atoms with E-state index in [9.17, 15) is 14.0 Å². The summed E-state index contributed by atoms with van der Waals surface area (Å²) in [6.07, 6.45) is 6.37. The van der Waals surface area contributed by atoms with Crippen LogP contribution in [0.25, 0.3) is 0 Å². The molecule has 0 radical (unpaired) electrons. The second-order valence-electron chi connectivity index (χ2n) is 9.41. The van der Waals surface area contributed by atoms with Crippen LogP contribution in [0.4, 0.5) is 4.39 Å². The topological polar surface area (TPSA) is 75.4 Å². The molecule has 6 nitrogen and oxygen atoms in total. The summed E-state index contributed by atoms with van der Waals surface area (Å²) >= 11 is 0. The van der Waals surface area contributed by atoms with Crippen molar-refractivity contribution in [3.8, 4) is 0 Å². The van der Waals surface area contributed by atoms with Crippen LogP contribution in [0.15, 0.2) is 59.1 Å². The van der Waals surface area contributed by atoms with Crippen LogP contribution in [0.2, 0.25) is 0 Å². The fraction of sp³-hybridized carbons (Fsp3) is 0.393. The van der Waals surface area contributed by atoms with Crippen LogP contribution >= 0.6 is 0 Å². The van der Waals surface area contributed by atoms with Gasteiger partial charge in [0.2, 0.25) is 5.91 Å². The molecule has 2 aromatic carbocycles. The molecule has 0 aliphatic heterocycles. The summed E-state index contributed by atoms with van der Waals surface area (Å²) in [5.74, 6) is 0.465. The average molecular weight is 478 g/mol. The minimum atomic E-state index is -0.387. The SMILES string of the molecule is Cc1ccc(CN(Cc2cc(C(=O)NCc3ccc(F)cc3)no2)C(=O)CCC2CCCC2)cc1. The molecule has 7 heteroatoms. The molecule has 0 saturated heterocycles. The van der Waals surface area contributed by atoms with Crippen molar-refractivity contribution < 1.29 is 18.5 Å². The van der Waals surface area contributed by atoms with Gasteiger partial charge in [-0.05, 0) is 42.5 Å². The number of carbonyl (C=O) groups is 2. The maximum atomic E-state index is 13.2. The summed E-state index contributed by atoms with van der Waals surface area (Å²) in [6.45, 7) is 3.00. The molecule has 0 bridgehead atoms. The third kappa shape index (κ3) is 7.25. The predicted molar refractivity (Wildman–Crippen MR) is 131 cm³/mol. The summed E-state index contributed by atoms with van der Waals surface area (Å²) in [5, 5.41) is 6.65. The minimum absolute atomic E-state index is 0.0798. The highest BCUT2D eigenvalue weighted by Crippen LogP contribution is 2.29. The average Bonchev–Trinajstić information content (AvgIpc) is 3.55. The van der Waals surface area contributed by atoms with Crippen LogP contribution in [0.5, 0.6) is 0 Å². The minimum Gasteiger partial charge on any atom is -0.359 e. The molecule has 2 amide bonds. The number of halogens is 1. The van der Waals surface area contributed by atoms with E-state index in [4.69, 9.17) is 4.52 Å². The first-order valence-corrected chi connectivity index (χ1v) is 12.3. The lowest BCUT2D eigenvalue weighted by atomic mass is 10.0. The number of hydrogen-bond acceptors (Lipinski definition) is 4. The van der Waals surface area contributed by atoms with Crippen molar-refractivity contribution in [2.45, 2.75) is 65.1 Å². The van der Waals surface area contributed by atoms with Crippen LogP contribution in [0, 0.1) is 18.7 Å². The van der Waals surface area contributed by atoms with E-state index in [0.29, 0.717) is 24.6 Å². The Balaban J connectivity index is 1.38. The molecular formula is C28H32FN3O3. The molecule has 1 N–H and O–H groups in total. The Morgan fingerprint density at radius 2 is 1.71 bits per heavy atom. The molecule has 1 fully saturated rings. The molecule has 1 aliphatic rings. The fourth-order valence-corrected chi connectivity index (χ4v) is 4.49. The normalized spacial score (nSPS) is 13.7. The highest BCUT2D eigenvalue weighted by atomic mass is 19.1. The highest BCUT2D eigenvalue weighted by molar-refractivity contribution is 5.92. The van der Waals surface area contributed by atoms with Gasteiger partial charge in [0, 0.05) is 25.6 Å². The van der Waals surface area contributed by atoms with Gasteiger partial charge in [-0.1, -0.05) is 72.8 Å². The maximum Gasteiger partial charge on any atom is 0.273 e. The number of aromatic nitrogens is 1. The van der Waals surface area contributed by atoms with Crippen LogP contribution in [-0.2, 0) is 24.4 Å². The van der Waals surface area contributed by atoms with E-state index in [-0.39, 0.29) is 36.4 Å². The van der Waals surface area contributed by atoms with Gasteiger partial charge < -0.3 is 14.7 Å². The van der Waals surface area contributed by atoms with Gasteiger partial charge in [0.05, 0.1) is 6.54 Å². The summed E-state index contributed by atoms with van der Waals surface area (Å²) in [5.41, 5.74) is 3.14. The quantitative estimate of drug-likeness (QED) is 0.415. The van der Waals surface area contributed by atoms with Crippen molar-refractivity contribution in [2.75, 3.05) is 0 Å². The van der Waals surface area contributed by atoms with Crippen molar-refractivity contribution in [3.63, 3.8) is 0 Å². The first-order valence-electron chi connectivity index (χ1n) is 12.3. The van der Waals surface area contributed by atoms with Crippen LogP contribution in [0.1, 0.15) is 71.5 Å². The van der Waals surface area contributed by atoms with Gasteiger partial charge in [0.1, 0.15) is 5.82 Å². The first kappa shape index (κ1) is 24.6. The van der Waals surface area contributed by atoms with E-state index >= 15 is 0 Å². The zero-order valence-electron chi connectivity index (χ0n) is 20.1. The van der Waals surface area contributed by atoms with Crippen molar-refractivity contribution in [1.29, 1.82) is 0 Å². The van der Waals surface area contributed by atoms with Crippen LogP contribution in [0.3, 0.4) is 0 Å². The molecule has 0 spiro atoms. The number of carbonyl (C=O) groups excluding carboxylic acids is 2. The van der Waals surface area contributed by atoms with Gasteiger partial charge >= 0.3 is 0 Å². The number of rotatable bonds is 10. The lowest BCUT2D eigenvalue weighted by molar-refractivity contribution is -0.133. The summed E-state index contributed by atoms with van der Waals surface area (Å²) < 4.78 is 18.5. The number of hydrogen-bond donors (Lipinski definition) is 1. The standard InChI is InChI=1S/C28H32FN3O3/c1-20-6-8-23(9-7-20)18-32(27(33)15-12-21-4-2-3-5-21)19-25-16-26(31-35-25)28(34)30-17-22-10-13-24(29)14-11-22/h6-11,13-14,16,21H,2-5,12,15,17-19H2,1H3,(H,30,34). The Bertz CT molecular complexity index is 1120. The summed E-state index contributed by atoms with van der Waals surface area (Å²) in [7, 11) is 0. The summed E-state index contributed by atoms with van der Waals surface area (Å²) in [6, 6.07) is 15.6. The molecule has 0 unspecified atom stereocenters. The van der Waals surface area contributed by atoms with Crippen molar-refractivity contribution in [3.05, 3.63) is 88.6 Å². The van der Waals surface area contributed by atoms with Gasteiger partial charge in [0.25, 0.3) is 5.91 Å². The smallest absolute Gasteiger partial charge is 0.273 e. The number of nitrogens with one attached hydrogen (secondary N) is 1. The van der Waals surface area contributed by atoms with Crippen molar-refractivity contribution in [2.24, 2.45) is 5.92 Å². The molecule has 35 heavy (non-hydrogen) atoms. The number of benzene rings is 2. The van der Waals surface area contributed by atoms with Gasteiger partial charge in [-0.15, -0.1) is 0 Å². The Labute approximate surface area is 205 Å². The number of amides is 2. The van der Waals surface area contributed by atoms with Gasteiger partial charge in [0.15, 0.2) is 11.5 Å². The Hall–Kier alpha value is -3.48. The van der Waals surface area contributed by atoms with Gasteiger partial charge in [-0.3, -0.25) is 9.59 Å². The van der Waals surface area contributed by atoms with Crippen LogP contribution < -0.4 is 5.32 Å². The number of aryl methyl sites for hydroxylation is 1. The predicted octanol–water partition coefficient (Wildman–Crippen LogP) is 5.55. The van der Waals surface area contributed by atoms with E-state index < -0.39 is 0 Å². The largest absolute Gasteiger partial charge is 0.359 e. The molecule has 1 heterocycles. The molecule has 1 aliphatic carbocycles. The molecule has 4 rings (SSSR count). The van der Waals surface area contributed by atoms with E-state index in [1.807, 2.05) is 31.2 Å².